The van der Waals surface area contributed by atoms with Crippen molar-refractivity contribution in [1.29, 1.82) is 5.26 Å². The fourth-order valence-electron chi connectivity index (χ4n) is 2.79. The minimum atomic E-state index is -5.82. The summed E-state index contributed by atoms with van der Waals surface area (Å²) in [7, 11) is -4.43. The Morgan fingerprint density at radius 3 is 2.56 bits per heavy atom. The van der Waals surface area contributed by atoms with Crippen LogP contribution in [0.1, 0.15) is 26.4 Å². The van der Waals surface area contributed by atoms with Crippen LogP contribution in [0.3, 0.4) is 0 Å². The van der Waals surface area contributed by atoms with Crippen LogP contribution in [0.2, 0.25) is 0 Å². The van der Waals surface area contributed by atoms with E-state index >= 15 is 0 Å². The van der Waals surface area contributed by atoms with E-state index in [-0.39, 0.29) is 32.5 Å². The summed E-state index contributed by atoms with van der Waals surface area (Å²) >= 11 is 3.38. The summed E-state index contributed by atoms with van der Waals surface area (Å²) < 4.78 is 50.9. The van der Waals surface area contributed by atoms with Crippen LogP contribution in [0, 0.1) is 11.3 Å². The number of nitrogens with zero attached hydrogens (tertiary/aromatic N) is 1. The summed E-state index contributed by atoms with van der Waals surface area (Å²) in [6.07, 6.45) is 0. The Hall–Kier alpha value is -2.55. The molecule has 0 fully saturated rings. The van der Waals surface area contributed by atoms with Gasteiger partial charge in [-0.1, -0.05) is 6.07 Å². The van der Waals surface area contributed by atoms with Crippen molar-refractivity contribution in [2.24, 2.45) is 5.73 Å². The molecule has 0 radical (unpaired) electrons. The molecule has 1 aromatic heterocycles. The number of benzene rings is 2. The van der Waals surface area contributed by atoms with Gasteiger partial charge in [0, 0.05) is 15.4 Å². The molecule has 0 aliphatic heterocycles. The number of halogens is 3. The van der Waals surface area contributed by atoms with Gasteiger partial charge in [-0.3, -0.25) is 9.36 Å². The van der Waals surface area contributed by atoms with E-state index < -0.39 is 24.0 Å². The number of carbonyl (C=O) groups is 1. The predicted octanol–water partition coefficient (Wildman–Crippen LogP) is 4.45. The molecule has 3 aromatic rings. The lowest BCUT2D eigenvalue weighted by atomic mass is 10.1. The van der Waals surface area contributed by atoms with Crippen LogP contribution < -0.4 is 15.2 Å². The zero-order valence-electron chi connectivity index (χ0n) is 16.1. The molecule has 3 rings (SSSR count). The summed E-state index contributed by atoms with van der Waals surface area (Å²) in [5.41, 5.74) is 1.72. The van der Waals surface area contributed by atoms with Gasteiger partial charge in [-0.05, 0) is 45.8 Å². The molecule has 1 heterocycles. The van der Waals surface area contributed by atoms with Crippen molar-refractivity contribution in [3.05, 3.63) is 56.4 Å². The molecule has 1 amide bonds. The molecule has 0 saturated heterocycles. The fourth-order valence-corrected chi connectivity index (χ4v) is 5.77. The number of nitrogens with two attached hydrogens (primary N) is 1. The molecule has 0 spiro atoms. The number of hydrogen-bond acceptors (Lipinski definition) is 6. The maximum Gasteiger partial charge on any atom is 0.400 e. The number of methoxy groups -OCH3 is 1. The van der Waals surface area contributed by atoms with E-state index in [1.165, 1.54) is 25.3 Å². The first kappa shape index (κ1) is 24.1. The van der Waals surface area contributed by atoms with Gasteiger partial charge in [0.05, 0.1) is 17.4 Å². The van der Waals surface area contributed by atoms with Gasteiger partial charge in [-0.25, -0.2) is 0 Å². The van der Waals surface area contributed by atoms with Crippen LogP contribution >= 0.6 is 34.9 Å². The highest BCUT2D eigenvalue weighted by Gasteiger charge is 2.53. The van der Waals surface area contributed by atoms with Crippen LogP contribution in [0.15, 0.2) is 34.8 Å². The van der Waals surface area contributed by atoms with Gasteiger partial charge in [-0.2, -0.15) is 14.0 Å². The lowest BCUT2D eigenvalue weighted by Crippen LogP contribution is -2.12. The number of rotatable bonds is 7. The second-order valence-corrected chi connectivity index (χ2v) is 9.94. The summed E-state index contributed by atoms with van der Waals surface area (Å²) in [4.78, 5) is 29.0. The largest absolute Gasteiger partial charge is 0.495 e. The molecule has 32 heavy (non-hydrogen) atoms. The van der Waals surface area contributed by atoms with Crippen LogP contribution in [-0.4, -0.2) is 22.8 Å². The number of primary amides is 1. The Balaban J connectivity index is 2.10. The molecule has 0 aliphatic rings. The lowest BCUT2D eigenvalue weighted by molar-refractivity contribution is 0.0595. The maximum atomic E-state index is 14.4. The number of nitriles is 1. The number of fused-ring (bicyclic) bond motifs is 1. The molecule has 13 heteroatoms. The van der Waals surface area contributed by atoms with Crippen molar-refractivity contribution in [3.8, 4) is 17.6 Å². The molecule has 4 N–H and O–H groups in total. The monoisotopic (exact) mass is 546 g/mol. The van der Waals surface area contributed by atoms with E-state index in [0.717, 1.165) is 0 Å². The van der Waals surface area contributed by atoms with Crippen LogP contribution in [0.4, 0.5) is 8.78 Å². The van der Waals surface area contributed by atoms with E-state index in [2.05, 4.69) is 15.9 Å². The zero-order valence-corrected chi connectivity index (χ0v) is 19.4. The summed E-state index contributed by atoms with van der Waals surface area (Å²) in [6, 6.07) is 9.15. The number of thiophene rings is 1. The van der Waals surface area contributed by atoms with Crippen molar-refractivity contribution in [3.63, 3.8) is 0 Å². The quantitative estimate of drug-likeness (QED) is 0.371. The molecule has 0 saturated carbocycles. The second kappa shape index (κ2) is 8.77. The Kier molecular flexibility index (Phi) is 6.60. The Labute approximate surface area is 192 Å². The average Bonchev–Trinajstić information content (AvgIpc) is 3.08. The van der Waals surface area contributed by atoms with E-state index in [0.29, 0.717) is 28.2 Å². The van der Waals surface area contributed by atoms with Crippen LogP contribution in [-0.2, 0) is 16.8 Å². The first-order chi connectivity index (χ1) is 14.9. The van der Waals surface area contributed by atoms with Crippen molar-refractivity contribution in [2.45, 2.75) is 12.3 Å². The molecule has 168 valence electrons. The molecule has 2 aromatic carbocycles. The van der Waals surface area contributed by atoms with E-state index in [1.807, 2.05) is 6.07 Å². The highest BCUT2D eigenvalue weighted by Crippen LogP contribution is 2.63. The molecular weight excluding hydrogens is 533 g/mol. The Morgan fingerprint density at radius 1 is 1.31 bits per heavy atom. The van der Waals surface area contributed by atoms with Crippen molar-refractivity contribution >= 4 is 50.9 Å². The molecule has 0 aliphatic carbocycles. The highest BCUT2D eigenvalue weighted by atomic mass is 79.9. The Morgan fingerprint density at radius 2 is 2.00 bits per heavy atom. The maximum absolute atomic E-state index is 14.4. The third-order valence-electron chi connectivity index (χ3n) is 4.40. The smallest absolute Gasteiger partial charge is 0.400 e. The van der Waals surface area contributed by atoms with Gasteiger partial charge in [0.25, 0.3) is 0 Å². The van der Waals surface area contributed by atoms with Gasteiger partial charge in [0.15, 0.2) is 0 Å². The standard InChI is InChI=1S/C19H14BrF2N2O6PS/c1-29-13-4-9(2-3-10(13)7-23)8-30-14-6-11(18(24)25)5-12-15(20)17(32-16(12)14)19(21,22)31(26,27)28/h2-6H,8H2,1H3,(H2,24,25)(H2,26,27,28). The van der Waals surface area contributed by atoms with Crippen LogP contribution in [0.5, 0.6) is 11.5 Å². The van der Waals surface area contributed by atoms with Gasteiger partial charge in [0.2, 0.25) is 5.91 Å². The fraction of sp³-hybridized carbons (Fsp3) is 0.158. The third kappa shape index (κ3) is 4.35. The minimum absolute atomic E-state index is 0.0121. The molecule has 0 unspecified atom stereocenters. The van der Waals surface area contributed by atoms with Crippen LogP contribution in [0.25, 0.3) is 10.1 Å². The van der Waals surface area contributed by atoms with Crippen molar-refractivity contribution in [1.82, 2.24) is 0 Å². The second-order valence-electron chi connectivity index (χ2n) is 6.48. The Bertz CT molecular complexity index is 1320. The van der Waals surface area contributed by atoms with E-state index in [1.54, 1.807) is 12.1 Å². The van der Waals surface area contributed by atoms with Crippen molar-refractivity contribution < 1.29 is 37.4 Å². The molecule has 0 atom stereocenters. The molecule has 0 bridgehead atoms. The van der Waals surface area contributed by atoms with Gasteiger partial charge < -0.3 is 25.0 Å². The van der Waals surface area contributed by atoms with Gasteiger partial charge in [-0.15, -0.1) is 11.3 Å². The number of alkyl halides is 2. The predicted molar refractivity (Wildman–Crippen MR) is 116 cm³/mol. The molecular formula is C19H14BrF2N2O6PS. The number of carbonyl (C=O) groups excluding carboxylic acids is 1. The number of ether oxygens (including phenoxy) is 2. The SMILES string of the molecule is COc1cc(COc2cc(C(N)=O)cc3c(Br)c(C(F)(F)P(=O)(O)O)sc23)ccc1C#N. The first-order valence-electron chi connectivity index (χ1n) is 8.60. The zero-order chi connectivity index (χ0) is 23.8. The van der Waals surface area contributed by atoms with E-state index in [4.69, 9.17) is 30.3 Å². The average molecular weight is 547 g/mol. The van der Waals surface area contributed by atoms with Gasteiger partial charge in [0.1, 0.15) is 29.1 Å². The first-order valence-corrected chi connectivity index (χ1v) is 11.8. The summed E-state index contributed by atoms with van der Waals surface area (Å²) in [5, 5.41) is 9.16. The topological polar surface area (TPSA) is 143 Å². The third-order valence-corrected chi connectivity index (χ3v) is 7.88. The summed E-state index contributed by atoms with van der Waals surface area (Å²) in [5.74, 6) is -0.525. The normalized spacial score (nSPS) is 11.9. The summed E-state index contributed by atoms with van der Waals surface area (Å²) in [6.45, 7) is -0.0842. The number of hydrogen-bond donors (Lipinski definition) is 3. The van der Waals surface area contributed by atoms with Crippen molar-refractivity contribution in [2.75, 3.05) is 7.11 Å². The lowest BCUT2D eigenvalue weighted by Gasteiger charge is -2.16. The highest BCUT2D eigenvalue weighted by molar-refractivity contribution is 9.10. The number of amides is 1. The molecule has 8 nitrogen and oxygen atoms in total. The van der Waals surface area contributed by atoms with E-state index in [9.17, 15) is 18.1 Å². The van der Waals surface area contributed by atoms with Gasteiger partial charge >= 0.3 is 13.3 Å². The minimum Gasteiger partial charge on any atom is -0.495 e.